The Balaban J connectivity index is 1.79. The Morgan fingerprint density at radius 1 is 1.10 bits per heavy atom. The van der Waals surface area contributed by atoms with Gasteiger partial charge in [0.15, 0.2) is 0 Å². The van der Waals surface area contributed by atoms with Crippen LogP contribution >= 0.6 is 23.2 Å². The summed E-state index contributed by atoms with van der Waals surface area (Å²) < 4.78 is 0. The largest absolute Gasteiger partial charge is 0.508 e. The summed E-state index contributed by atoms with van der Waals surface area (Å²) in [6.07, 6.45) is 6.52. The van der Waals surface area contributed by atoms with E-state index in [-0.39, 0.29) is 17.1 Å². The van der Waals surface area contributed by atoms with Crippen LogP contribution in [0.25, 0.3) is 0 Å². The van der Waals surface area contributed by atoms with E-state index in [1.807, 2.05) is 4.90 Å². The molecule has 3 nitrogen and oxygen atoms in total. The molecule has 0 unspecified atom stereocenters. The molecule has 0 aromatic heterocycles. The van der Waals surface area contributed by atoms with Crippen molar-refractivity contribution in [2.45, 2.75) is 45.1 Å². The van der Waals surface area contributed by atoms with Crippen molar-refractivity contribution in [2.24, 2.45) is 5.41 Å². The SMILES string of the molecule is O=C1N(Cc2c(Cl)cc(O)cc2Cl)CCC12CCCCC2. The van der Waals surface area contributed by atoms with E-state index >= 15 is 0 Å². The molecule has 1 saturated heterocycles. The van der Waals surface area contributed by atoms with Gasteiger partial charge in [-0.05, 0) is 31.4 Å². The Morgan fingerprint density at radius 2 is 1.71 bits per heavy atom. The third-order valence-corrected chi connectivity index (χ3v) is 5.56. The minimum atomic E-state index is -0.131. The normalized spacial score (nSPS) is 21.2. The Bertz CT molecular complexity index is 544. The Morgan fingerprint density at radius 3 is 2.33 bits per heavy atom. The first-order chi connectivity index (χ1) is 10.0. The van der Waals surface area contributed by atoms with Crippen molar-refractivity contribution in [3.05, 3.63) is 27.7 Å². The van der Waals surface area contributed by atoms with Crippen molar-refractivity contribution in [3.63, 3.8) is 0 Å². The van der Waals surface area contributed by atoms with E-state index in [1.165, 1.54) is 18.6 Å². The van der Waals surface area contributed by atoms with Gasteiger partial charge in [-0.2, -0.15) is 0 Å². The number of phenolic OH excluding ortho intramolecular Hbond substituents is 1. The van der Waals surface area contributed by atoms with Gasteiger partial charge in [-0.15, -0.1) is 0 Å². The van der Waals surface area contributed by atoms with Gasteiger partial charge in [0.25, 0.3) is 0 Å². The van der Waals surface area contributed by atoms with E-state index in [1.54, 1.807) is 0 Å². The maximum Gasteiger partial charge on any atom is 0.229 e. The van der Waals surface area contributed by atoms with Crippen molar-refractivity contribution < 1.29 is 9.90 Å². The fraction of sp³-hybridized carbons (Fsp3) is 0.562. The first-order valence-electron chi connectivity index (χ1n) is 7.48. The van der Waals surface area contributed by atoms with Gasteiger partial charge in [-0.3, -0.25) is 4.79 Å². The summed E-state index contributed by atoms with van der Waals surface area (Å²) >= 11 is 12.3. The molecule has 1 amide bonds. The van der Waals surface area contributed by atoms with Gasteiger partial charge in [-0.25, -0.2) is 0 Å². The van der Waals surface area contributed by atoms with Gasteiger partial charge in [0.05, 0.1) is 15.5 Å². The number of amides is 1. The fourth-order valence-corrected chi connectivity index (χ4v) is 4.26. The second-order valence-corrected chi connectivity index (χ2v) is 7.02. The number of carbonyl (C=O) groups is 1. The fourth-order valence-electron chi connectivity index (χ4n) is 3.67. The van der Waals surface area contributed by atoms with E-state index < -0.39 is 0 Å². The lowest BCUT2D eigenvalue weighted by molar-refractivity contribution is -0.138. The van der Waals surface area contributed by atoms with E-state index in [2.05, 4.69) is 0 Å². The van der Waals surface area contributed by atoms with Crippen LogP contribution in [-0.4, -0.2) is 22.5 Å². The third kappa shape index (κ3) is 2.74. The first kappa shape index (κ1) is 15.0. The molecule has 3 rings (SSSR count). The molecule has 5 heteroatoms. The Hall–Kier alpha value is -0.930. The average molecular weight is 328 g/mol. The highest BCUT2D eigenvalue weighted by molar-refractivity contribution is 6.36. The van der Waals surface area contributed by atoms with Gasteiger partial charge >= 0.3 is 0 Å². The topological polar surface area (TPSA) is 40.5 Å². The van der Waals surface area contributed by atoms with Gasteiger partial charge in [0, 0.05) is 18.7 Å². The Kier molecular flexibility index (Phi) is 4.06. The van der Waals surface area contributed by atoms with Crippen molar-refractivity contribution in [2.75, 3.05) is 6.54 Å². The van der Waals surface area contributed by atoms with Gasteiger partial charge < -0.3 is 10.0 Å². The number of halogens is 2. The highest BCUT2D eigenvalue weighted by Gasteiger charge is 2.46. The molecule has 1 aliphatic carbocycles. The van der Waals surface area contributed by atoms with E-state index in [4.69, 9.17) is 23.2 Å². The molecule has 1 saturated carbocycles. The number of likely N-dealkylation sites (tertiary alicyclic amines) is 1. The Labute approximate surface area is 134 Å². The minimum absolute atomic E-state index is 0.0465. The van der Waals surface area contributed by atoms with Crippen molar-refractivity contribution >= 4 is 29.1 Å². The predicted molar refractivity (Wildman–Crippen MR) is 83.7 cm³/mol. The second-order valence-electron chi connectivity index (χ2n) is 6.21. The van der Waals surface area contributed by atoms with Crippen LogP contribution in [0.5, 0.6) is 5.75 Å². The van der Waals surface area contributed by atoms with Crippen LogP contribution < -0.4 is 0 Å². The third-order valence-electron chi connectivity index (χ3n) is 4.89. The molecule has 2 aliphatic rings. The van der Waals surface area contributed by atoms with Gasteiger partial charge in [0.2, 0.25) is 5.91 Å². The summed E-state index contributed by atoms with van der Waals surface area (Å²) in [5.41, 5.74) is 0.589. The molecule has 2 fully saturated rings. The predicted octanol–water partition coefficient (Wildman–Crippen LogP) is 4.38. The van der Waals surface area contributed by atoms with Crippen LogP contribution in [0.2, 0.25) is 10.0 Å². The molecule has 1 spiro atoms. The van der Waals surface area contributed by atoms with Crippen LogP contribution in [0.4, 0.5) is 0 Å². The summed E-state index contributed by atoms with van der Waals surface area (Å²) in [7, 11) is 0. The molecule has 1 aliphatic heterocycles. The van der Waals surface area contributed by atoms with Gasteiger partial charge in [-0.1, -0.05) is 42.5 Å². The quantitative estimate of drug-likeness (QED) is 0.875. The number of rotatable bonds is 2. The molecule has 0 bridgehead atoms. The van der Waals surface area contributed by atoms with Crippen LogP contribution in [0, 0.1) is 5.41 Å². The number of benzene rings is 1. The summed E-state index contributed by atoms with van der Waals surface area (Å²) in [6.45, 7) is 1.20. The lowest BCUT2D eigenvalue weighted by Crippen LogP contribution is -2.35. The zero-order valence-corrected chi connectivity index (χ0v) is 13.4. The van der Waals surface area contributed by atoms with Crippen molar-refractivity contribution in [1.29, 1.82) is 0 Å². The number of aromatic hydroxyl groups is 1. The molecular formula is C16H19Cl2NO2. The molecule has 1 aromatic rings. The van der Waals surface area contributed by atoms with Crippen LogP contribution in [0.1, 0.15) is 44.1 Å². The highest BCUT2D eigenvalue weighted by atomic mass is 35.5. The van der Waals surface area contributed by atoms with Crippen LogP contribution in [-0.2, 0) is 11.3 Å². The van der Waals surface area contributed by atoms with Crippen LogP contribution in [0.3, 0.4) is 0 Å². The zero-order valence-electron chi connectivity index (χ0n) is 11.9. The van der Waals surface area contributed by atoms with E-state index in [0.717, 1.165) is 44.2 Å². The van der Waals surface area contributed by atoms with E-state index in [9.17, 15) is 9.90 Å². The second kappa shape index (κ2) is 5.69. The molecule has 0 atom stereocenters. The zero-order chi connectivity index (χ0) is 15.0. The standard InChI is InChI=1S/C16H19Cl2NO2/c17-13-8-11(20)9-14(18)12(13)10-19-7-6-16(15(19)21)4-2-1-3-5-16/h8-9,20H,1-7,10H2. The molecular weight excluding hydrogens is 309 g/mol. The van der Waals surface area contributed by atoms with Crippen LogP contribution in [0.15, 0.2) is 12.1 Å². The van der Waals surface area contributed by atoms with E-state index in [0.29, 0.717) is 16.6 Å². The summed E-state index contributed by atoms with van der Waals surface area (Å²) in [6, 6.07) is 2.94. The van der Waals surface area contributed by atoms with Crippen molar-refractivity contribution in [3.8, 4) is 5.75 Å². The molecule has 1 heterocycles. The summed E-state index contributed by atoms with van der Waals surface area (Å²) in [5.74, 6) is 0.299. The highest BCUT2D eigenvalue weighted by Crippen LogP contribution is 2.45. The summed E-state index contributed by atoms with van der Waals surface area (Å²) in [5, 5.41) is 10.3. The molecule has 1 N–H and O–H groups in total. The lowest BCUT2D eigenvalue weighted by atomic mass is 9.73. The minimum Gasteiger partial charge on any atom is -0.508 e. The molecule has 21 heavy (non-hydrogen) atoms. The maximum atomic E-state index is 12.8. The summed E-state index contributed by atoms with van der Waals surface area (Å²) in [4.78, 5) is 14.6. The average Bonchev–Trinajstić information content (AvgIpc) is 2.73. The molecule has 114 valence electrons. The lowest BCUT2D eigenvalue weighted by Gasteiger charge is -2.31. The maximum absolute atomic E-state index is 12.8. The number of nitrogens with zero attached hydrogens (tertiary/aromatic N) is 1. The number of carbonyl (C=O) groups excluding carboxylic acids is 1. The monoisotopic (exact) mass is 327 g/mol. The number of hydrogen-bond donors (Lipinski definition) is 1. The number of phenols is 1. The van der Waals surface area contributed by atoms with Gasteiger partial charge in [0.1, 0.15) is 5.75 Å². The number of hydrogen-bond acceptors (Lipinski definition) is 2. The molecule has 0 radical (unpaired) electrons. The first-order valence-corrected chi connectivity index (χ1v) is 8.24. The molecule has 1 aromatic carbocycles. The van der Waals surface area contributed by atoms with Crippen molar-refractivity contribution in [1.82, 2.24) is 4.90 Å². The smallest absolute Gasteiger partial charge is 0.229 e.